The molecule has 0 aliphatic rings. The van der Waals surface area contributed by atoms with E-state index >= 15 is 0 Å². The van der Waals surface area contributed by atoms with Gasteiger partial charge < -0.3 is 9.73 Å². The molecule has 1 aromatic rings. The number of terminal acetylenes is 1. The summed E-state index contributed by atoms with van der Waals surface area (Å²) in [4.78, 5) is 0. The fraction of sp³-hybridized carbons (Fsp3) is 0.333. The maximum atomic E-state index is 5.15. The van der Waals surface area contributed by atoms with Crippen molar-refractivity contribution < 1.29 is 4.42 Å². The molecule has 0 aliphatic heterocycles. The van der Waals surface area contributed by atoms with E-state index < -0.39 is 0 Å². The molecule has 0 aliphatic carbocycles. The largest absolute Gasteiger partial charge is 0.465 e. The number of rotatable bonds is 7. The van der Waals surface area contributed by atoms with Crippen LogP contribution < -0.4 is 5.32 Å². The van der Waals surface area contributed by atoms with E-state index in [4.69, 9.17) is 10.8 Å². The Hall–Kier alpha value is -1.11. The number of thioether (sulfide) groups is 1. The van der Waals surface area contributed by atoms with Crippen molar-refractivity contribution in [3.05, 3.63) is 30.2 Å². The van der Waals surface area contributed by atoms with Crippen molar-refractivity contribution >= 4 is 17.8 Å². The van der Waals surface area contributed by atoms with Gasteiger partial charge in [0, 0.05) is 18.8 Å². The Morgan fingerprint density at radius 1 is 1.60 bits per heavy atom. The van der Waals surface area contributed by atoms with E-state index in [0.717, 1.165) is 30.4 Å². The van der Waals surface area contributed by atoms with Crippen LogP contribution in [0.5, 0.6) is 0 Å². The predicted octanol–water partition coefficient (Wildman–Crippen LogP) is 2.25. The second kappa shape index (κ2) is 8.22. The van der Waals surface area contributed by atoms with Gasteiger partial charge in [0.1, 0.15) is 5.76 Å². The summed E-state index contributed by atoms with van der Waals surface area (Å²) in [5, 5.41) is 3.29. The fourth-order valence-electron chi connectivity index (χ4n) is 1.02. The van der Waals surface area contributed by atoms with Gasteiger partial charge in [0.2, 0.25) is 0 Å². The van der Waals surface area contributed by atoms with Crippen molar-refractivity contribution in [2.24, 2.45) is 0 Å². The highest BCUT2D eigenvalue weighted by Crippen LogP contribution is 2.01. The lowest BCUT2D eigenvalue weighted by atomic mass is 10.4. The first-order chi connectivity index (χ1) is 7.43. The highest BCUT2D eigenvalue weighted by molar-refractivity contribution is 7.99. The van der Waals surface area contributed by atoms with Gasteiger partial charge in [-0.25, -0.2) is 0 Å². The normalized spacial score (nSPS) is 10.6. The molecule has 1 aromatic heterocycles. The van der Waals surface area contributed by atoms with Gasteiger partial charge in [0.15, 0.2) is 0 Å². The monoisotopic (exact) mass is 221 g/mol. The second-order valence-electron chi connectivity index (χ2n) is 2.88. The molecule has 0 fully saturated rings. The van der Waals surface area contributed by atoms with Crippen LogP contribution in [0.2, 0.25) is 0 Å². The van der Waals surface area contributed by atoms with Gasteiger partial charge in [-0.05, 0) is 18.2 Å². The molecule has 0 saturated heterocycles. The van der Waals surface area contributed by atoms with E-state index in [9.17, 15) is 0 Å². The van der Waals surface area contributed by atoms with Crippen LogP contribution in [0.25, 0.3) is 6.08 Å². The van der Waals surface area contributed by atoms with E-state index in [2.05, 4.69) is 11.2 Å². The number of furan rings is 1. The van der Waals surface area contributed by atoms with Crippen molar-refractivity contribution in [2.75, 3.05) is 24.6 Å². The summed E-state index contributed by atoms with van der Waals surface area (Å²) in [6.07, 6.45) is 10.8. The van der Waals surface area contributed by atoms with E-state index in [1.54, 1.807) is 18.0 Å². The Kier molecular flexibility index (Phi) is 6.55. The molecular weight excluding hydrogens is 206 g/mol. The summed E-state index contributed by atoms with van der Waals surface area (Å²) in [5.74, 6) is 5.33. The van der Waals surface area contributed by atoms with Crippen LogP contribution in [0.3, 0.4) is 0 Å². The van der Waals surface area contributed by atoms with Crippen LogP contribution in [-0.2, 0) is 0 Å². The molecule has 0 amide bonds. The zero-order chi connectivity index (χ0) is 10.8. The van der Waals surface area contributed by atoms with Gasteiger partial charge >= 0.3 is 0 Å². The van der Waals surface area contributed by atoms with Crippen molar-refractivity contribution in [1.82, 2.24) is 5.32 Å². The summed E-state index contributed by atoms with van der Waals surface area (Å²) in [7, 11) is 0. The Bertz CT molecular complexity index is 311. The number of hydrogen-bond acceptors (Lipinski definition) is 3. The SMILES string of the molecule is C#CCSCCNC/C=C/c1ccco1. The van der Waals surface area contributed by atoms with Crippen molar-refractivity contribution in [3.8, 4) is 12.3 Å². The van der Waals surface area contributed by atoms with Gasteiger partial charge in [0.25, 0.3) is 0 Å². The summed E-state index contributed by atoms with van der Waals surface area (Å²) in [6.45, 7) is 1.84. The molecule has 0 atom stereocenters. The van der Waals surface area contributed by atoms with Crippen molar-refractivity contribution in [3.63, 3.8) is 0 Å². The highest BCUT2D eigenvalue weighted by Gasteiger charge is 1.87. The standard InChI is InChI=1S/C12H15NOS/c1-2-10-15-11-8-13-7-3-5-12-6-4-9-14-12/h1,3-6,9,13H,7-8,10-11H2/b5-3+. The molecule has 0 aromatic carbocycles. The summed E-state index contributed by atoms with van der Waals surface area (Å²) in [5.41, 5.74) is 0. The minimum Gasteiger partial charge on any atom is -0.465 e. The molecule has 0 saturated carbocycles. The lowest BCUT2D eigenvalue weighted by Gasteiger charge is -1.98. The predicted molar refractivity (Wildman–Crippen MR) is 66.8 cm³/mol. The first-order valence-corrected chi connectivity index (χ1v) is 6.01. The maximum absolute atomic E-state index is 5.15. The summed E-state index contributed by atoms with van der Waals surface area (Å²) >= 11 is 1.77. The summed E-state index contributed by atoms with van der Waals surface area (Å²) in [6, 6.07) is 3.81. The quantitative estimate of drug-likeness (QED) is 0.565. The fourth-order valence-corrected chi connectivity index (χ4v) is 1.57. The summed E-state index contributed by atoms with van der Waals surface area (Å²) < 4.78 is 5.15. The highest BCUT2D eigenvalue weighted by atomic mass is 32.2. The molecule has 0 unspecified atom stereocenters. The van der Waals surface area contributed by atoms with Gasteiger partial charge in [-0.2, -0.15) is 0 Å². The first kappa shape index (κ1) is 12.0. The molecule has 2 nitrogen and oxygen atoms in total. The Labute approximate surface area is 95.1 Å². The van der Waals surface area contributed by atoms with Crippen LogP contribution in [0, 0.1) is 12.3 Å². The Balaban J connectivity index is 1.95. The third kappa shape index (κ3) is 6.05. The lowest BCUT2D eigenvalue weighted by molar-refractivity contribution is 0.557. The third-order valence-corrected chi connectivity index (χ3v) is 2.56. The van der Waals surface area contributed by atoms with E-state index in [-0.39, 0.29) is 0 Å². The van der Waals surface area contributed by atoms with Gasteiger partial charge in [-0.15, -0.1) is 18.2 Å². The second-order valence-corrected chi connectivity index (χ2v) is 3.98. The minimum absolute atomic E-state index is 0.796. The van der Waals surface area contributed by atoms with Crippen LogP contribution in [0.15, 0.2) is 28.9 Å². The maximum Gasteiger partial charge on any atom is 0.126 e. The van der Waals surface area contributed by atoms with Crippen molar-refractivity contribution in [1.29, 1.82) is 0 Å². The van der Waals surface area contributed by atoms with E-state index in [0.29, 0.717) is 0 Å². The smallest absolute Gasteiger partial charge is 0.126 e. The zero-order valence-electron chi connectivity index (χ0n) is 8.61. The van der Waals surface area contributed by atoms with Crippen LogP contribution in [0.1, 0.15) is 5.76 Å². The average Bonchev–Trinajstić information content (AvgIpc) is 2.75. The van der Waals surface area contributed by atoms with Crippen LogP contribution in [0.4, 0.5) is 0 Å². The number of hydrogen-bond donors (Lipinski definition) is 1. The Morgan fingerprint density at radius 2 is 2.53 bits per heavy atom. The Morgan fingerprint density at radius 3 is 3.27 bits per heavy atom. The molecule has 1 rings (SSSR count). The van der Waals surface area contributed by atoms with E-state index in [1.165, 1.54) is 0 Å². The van der Waals surface area contributed by atoms with Gasteiger partial charge in [0.05, 0.1) is 12.0 Å². The average molecular weight is 221 g/mol. The topological polar surface area (TPSA) is 25.2 Å². The van der Waals surface area contributed by atoms with Crippen LogP contribution in [-0.4, -0.2) is 24.6 Å². The number of nitrogens with one attached hydrogen (secondary N) is 1. The molecule has 15 heavy (non-hydrogen) atoms. The molecule has 0 spiro atoms. The van der Waals surface area contributed by atoms with Crippen LogP contribution >= 0.6 is 11.8 Å². The molecule has 1 heterocycles. The molecule has 0 radical (unpaired) electrons. The zero-order valence-corrected chi connectivity index (χ0v) is 9.43. The van der Waals surface area contributed by atoms with Gasteiger partial charge in [-0.1, -0.05) is 12.0 Å². The third-order valence-electron chi connectivity index (χ3n) is 1.70. The molecule has 3 heteroatoms. The molecule has 0 bridgehead atoms. The minimum atomic E-state index is 0.796. The lowest BCUT2D eigenvalue weighted by Crippen LogP contribution is -2.16. The van der Waals surface area contributed by atoms with Gasteiger partial charge in [-0.3, -0.25) is 0 Å². The molecule has 1 N–H and O–H groups in total. The van der Waals surface area contributed by atoms with E-state index in [1.807, 2.05) is 24.3 Å². The molecular formula is C12H15NOS. The van der Waals surface area contributed by atoms with Crippen molar-refractivity contribution in [2.45, 2.75) is 0 Å². The first-order valence-electron chi connectivity index (χ1n) is 4.85. The molecule has 80 valence electrons.